The highest BCUT2D eigenvalue weighted by molar-refractivity contribution is 5.74. The van der Waals surface area contributed by atoms with Gasteiger partial charge in [-0.05, 0) is 37.5 Å². The lowest BCUT2D eigenvalue weighted by molar-refractivity contribution is -0.137. The molecule has 2 amide bonds. The summed E-state index contributed by atoms with van der Waals surface area (Å²) in [5.74, 6) is -0.00937. The Labute approximate surface area is 119 Å². The number of ether oxygens (including phenoxy) is 1. The van der Waals surface area contributed by atoms with Gasteiger partial charge >= 0.3 is 12.0 Å². The Kier molecular flexibility index (Phi) is 5.23. The summed E-state index contributed by atoms with van der Waals surface area (Å²) in [5.41, 5.74) is 0. The molecule has 1 heterocycles. The molecule has 0 aromatic rings. The maximum absolute atomic E-state index is 11.8. The normalized spacial score (nSPS) is 27.1. The lowest BCUT2D eigenvalue weighted by atomic mass is 10.1. The van der Waals surface area contributed by atoms with Gasteiger partial charge in [-0.25, -0.2) is 4.79 Å². The number of nitrogens with one attached hydrogen (secondary N) is 2. The molecule has 6 nitrogen and oxygen atoms in total. The Morgan fingerprint density at radius 1 is 1.35 bits per heavy atom. The highest BCUT2D eigenvalue weighted by Crippen LogP contribution is 2.38. The number of carbonyl (C=O) groups is 2. The maximum Gasteiger partial charge on any atom is 0.315 e. The number of rotatable bonds is 7. The van der Waals surface area contributed by atoms with E-state index in [0.29, 0.717) is 18.9 Å². The Balaban J connectivity index is 1.63. The van der Waals surface area contributed by atoms with Gasteiger partial charge < -0.3 is 20.5 Å². The molecule has 0 spiro atoms. The molecule has 2 fully saturated rings. The summed E-state index contributed by atoms with van der Waals surface area (Å²) < 4.78 is 5.67. The summed E-state index contributed by atoms with van der Waals surface area (Å²) in [6.45, 7) is 3.16. The van der Waals surface area contributed by atoms with E-state index in [2.05, 4.69) is 10.6 Å². The van der Waals surface area contributed by atoms with E-state index in [9.17, 15) is 9.59 Å². The fourth-order valence-electron chi connectivity index (χ4n) is 2.61. The number of amides is 2. The van der Waals surface area contributed by atoms with E-state index in [1.807, 2.05) is 6.92 Å². The number of hydrogen-bond acceptors (Lipinski definition) is 3. The smallest absolute Gasteiger partial charge is 0.315 e. The highest BCUT2D eigenvalue weighted by atomic mass is 16.5. The van der Waals surface area contributed by atoms with E-state index in [-0.39, 0.29) is 30.5 Å². The van der Waals surface area contributed by atoms with Gasteiger partial charge in [-0.2, -0.15) is 0 Å². The third-order valence-corrected chi connectivity index (χ3v) is 4.00. The highest BCUT2D eigenvalue weighted by Gasteiger charge is 2.41. The summed E-state index contributed by atoms with van der Waals surface area (Å²) in [7, 11) is 0. The van der Waals surface area contributed by atoms with Crippen molar-refractivity contribution in [2.24, 2.45) is 11.8 Å². The molecular formula is C14H24N2O4. The van der Waals surface area contributed by atoms with Gasteiger partial charge in [-0.1, -0.05) is 6.92 Å². The van der Waals surface area contributed by atoms with Gasteiger partial charge in [0.15, 0.2) is 0 Å². The van der Waals surface area contributed by atoms with E-state index < -0.39 is 5.97 Å². The molecule has 2 aliphatic rings. The Hall–Kier alpha value is -1.30. The van der Waals surface area contributed by atoms with Gasteiger partial charge in [0.25, 0.3) is 0 Å². The second-order valence-corrected chi connectivity index (χ2v) is 5.96. The third-order valence-electron chi connectivity index (χ3n) is 4.00. The van der Waals surface area contributed by atoms with Crippen molar-refractivity contribution in [1.29, 1.82) is 0 Å². The Morgan fingerprint density at radius 2 is 2.10 bits per heavy atom. The quantitative estimate of drug-likeness (QED) is 0.658. The molecule has 1 saturated heterocycles. The van der Waals surface area contributed by atoms with Crippen molar-refractivity contribution in [3.8, 4) is 0 Å². The van der Waals surface area contributed by atoms with Gasteiger partial charge in [-0.3, -0.25) is 4.79 Å². The molecule has 3 atom stereocenters. The van der Waals surface area contributed by atoms with Crippen molar-refractivity contribution < 1.29 is 19.4 Å². The van der Waals surface area contributed by atoms with Crippen molar-refractivity contribution in [2.75, 3.05) is 13.2 Å². The number of carbonyl (C=O) groups excluding carboxylic acids is 1. The lowest BCUT2D eigenvalue weighted by Gasteiger charge is -2.20. The van der Waals surface area contributed by atoms with E-state index in [1.54, 1.807) is 0 Å². The largest absolute Gasteiger partial charge is 0.481 e. The first-order valence-electron chi connectivity index (χ1n) is 7.44. The van der Waals surface area contributed by atoms with Crippen LogP contribution in [-0.2, 0) is 9.53 Å². The topological polar surface area (TPSA) is 87.7 Å². The van der Waals surface area contributed by atoms with Crippen LogP contribution < -0.4 is 10.6 Å². The minimum absolute atomic E-state index is 0.122. The molecule has 0 bridgehead atoms. The van der Waals surface area contributed by atoms with Crippen LogP contribution in [0, 0.1) is 11.8 Å². The summed E-state index contributed by atoms with van der Waals surface area (Å²) in [6, 6.07) is -0.0508. The van der Waals surface area contributed by atoms with Crippen LogP contribution in [-0.4, -0.2) is 42.4 Å². The molecule has 0 aromatic carbocycles. The van der Waals surface area contributed by atoms with Crippen molar-refractivity contribution in [2.45, 2.75) is 51.2 Å². The third kappa shape index (κ3) is 4.67. The van der Waals surface area contributed by atoms with Crippen LogP contribution in [0.4, 0.5) is 4.79 Å². The van der Waals surface area contributed by atoms with Crippen LogP contribution in [0.3, 0.4) is 0 Å². The second-order valence-electron chi connectivity index (χ2n) is 5.96. The number of aliphatic carboxylic acids is 1. The summed E-state index contributed by atoms with van der Waals surface area (Å²) in [6.07, 6.45) is 4.19. The molecule has 20 heavy (non-hydrogen) atoms. The van der Waals surface area contributed by atoms with E-state index >= 15 is 0 Å². The first kappa shape index (κ1) is 15.1. The fraction of sp³-hybridized carbons (Fsp3) is 0.857. The minimum atomic E-state index is -0.795. The predicted molar refractivity (Wildman–Crippen MR) is 73.4 cm³/mol. The van der Waals surface area contributed by atoms with Gasteiger partial charge in [0.2, 0.25) is 0 Å². The van der Waals surface area contributed by atoms with Crippen LogP contribution in [0.1, 0.15) is 39.0 Å². The maximum atomic E-state index is 11.8. The second kappa shape index (κ2) is 6.92. The molecular weight excluding hydrogens is 260 g/mol. The number of carboxylic acid groups (broad SMARTS) is 1. The molecule has 1 aliphatic heterocycles. The average molecular weight is 284 g/mol. The zero-order valence-electron chi connectivity index (χ0n) is 11.9. The molecule has 0 aromatic heterocycles. The van der Waals surface area contributed by atoms with Crippen molar-refractivity contribution in [3.63, 3.8) is 0 Å². The molecule has 1 saturated carbocycles. The molecule has 1 aliphatic carbocycles. The van der Waals surface area contributed by atoms with Crippen molar-refractivity contribution >= 4 is 12.0 Å². The number of carboxylic acids is 1. The minimum Gasteiger partial charge on any atom is -0.481 e. The monoisotopic (exact) mass is 284 g/mol. The van der Waals surface area contributed by atoms with E-state index in [1.165, 1.54) is 12.8 Å². The van der Waals surface area contributed by atoms with Crippen LogP contribution in [0.25, 0.3) is 0 Å². The standard InChI is InChI=1S/C14H24N2O4/c1-9(2-5-12(17)18)8-15-14(19)16-11-6-7-20-13(11)10-3-4-10/h9-11,13H,2-8H2,1H3,(H,17,18)(H2,15,16,19). The molecule has 3 unspecified atom stereocenters. The molecule has 2 rings (SSSR count). The van der Waals surface area contributed by atoms with Crippen molar-refractivity contribution in [1.82, 2.24) is 10.6 Å². The summed E-state index contributed by atoms with van der Waals surface area (Å²) in [5, 5.41) is 14.4. The zero-order valence-corrected chi connectivity index (χ0v) is 11.9. The molecule has 0 radical (unpaired) electrons. The Morgan fingerprint density at radius 3 is 2.75 bits per heavy atom. The zero-order chi connectivity index (χ0) is 14.5. The number of urea groups is 1. The summed E-state index contributed by atoms with van der Waals surface area (Å²) >= 11 is 0. The van der Waals surface area contributed by atoms with Gasteiger partial charge in [0.1, 0.15) is 0 Å². The first-order chi connectivity index (χ1) is 9.56. The van der Waals surface area contributed by atoms with E-state index in [0.717, 1.165) is 13.0 Å². The first-order valence-corrected chi connectivity index (χ1v) is 7.44. The predicted octanol–water partition coefficient (Wildman–Crippen LogP) is 1.35. The summed E-state index contributed by atoms with van der Waals surface area (Å²) in [4.78, 5) is 22.3. The van der Waals surface area contributed by atoms with Crippen LogP contribution in [0.15, 0.2) is 0 Å². The van der Waals surface area contributed by atoms with Gasteiger partial charge in [-0.15, -0.1) is 0 Å². The van der Waals surface area contributed by atoms with Crippen LogP contribution in [0.2, 0.25) is 0 Å². The van der Waals surface area contributed by atoms with E-state index in [4.69, 9.17) is 9.84 Å². The molecule has 6 heteroatoms. The SMILES string of the molecule is CC(CCC(=O)O)CNC(=O)NC1CCOC1C1CC1. The fourth-order valence-corrected chi connectivity index (χ4v) is 2.61. The molecule has 114 valence electrons. The van der Waals surface area contributed by atoms with Gasteiger partial charge in [0, 0.05) is 19.6 Å². The van der Waals surface area contributed by atoms with Gasteiger partial charge in [0.05, 0.1) is 12.1 Å². The molecule has 3 N–H and O–H groups in total. The average Bonchev–Trinajstić information content (AvgIpc) is 3.15. The van der Waals surface area contributed by atoms with Crippen LogP contribution >= 0.6 is 0 Å². The van der Waals surface area contributed by atoms with Crippen LogP contribution in [0.5, 0.6) is 0 Å². The van der Waals surface area contributed by atoms with Crippen molar-refractivity contribution in [3.05, 3.63) is 0 Å². The Bertz CT molecular complexity index is 357. The lowest BCUT2D eigenvalue weighted by Crippen LogP contribution is -2.47. The number of hydrogen-bond donors (Lipinski definition) is 3.